The maximum atomic E-state index is 10.2. The first kappa shape index (κ1) is 11.7. The van der Waals surface area contributed by atoms with Gasteiger partial charge in [-0.1, -0.05) is 38.3 Å². The van der Waals surface area contributed by atoms with E-state index < -0.39 is 0 Å². The van der Waals surface area contributed by atoms with Crippen LogP contribution in [-0.4, -0.2) is 6.61 Å². The van der Waals surface area contributed by atoms with E-state index in [0.29, 0.717) is 0 Å². The second kappa shape index (κ2) is 7.35. The van der Waals surface area contributed by atoms with Crippen LogP contribution < -0.4 is 5.11 Å². The zero-order chi connectivity index (χ0) is 9.40. The summed E-state index contributed by atoms with van der Waals surface area (Å²) in [6, 6.07) is 0. The third kappa shape index (κ3) is 6.41. The van der Waals surface area contributed by atoms with Crippen molar-refractivity contribution in [2.75, 3.05) is 6.61 Å². The topological polar surface area (TPSA) is 23.1 Å². The van der Waals surface area contributed by atoms with Crippen LogP contribution in [0.2, 0.25) is 0 Å². The smallest absolute Gasteiger partial charge is 0.0322 e. The molecule has 1 heteroatoms. The second-order valence-corrected chi connectivity index (χ2v) is 3.61. The highest BCUT2D eigenvalue weighted by Crippen LogP contribution is 2.11. The second-order valence-electron chi connectivity index (χ2n) is 3.61. The number of hydrogen-bond acceptors (Lipinski definition) is 1. The van der Waals surface area contributed by atoms with Crippen LogP contribution in [0.1, 0.15) is 46.5 Å². The van der Waals surface area contributed by atoms with Crippen molar-refractivity contribution in [1.82, 2.24) is 0 Å². The van der Waals surface area contributed by atoms with Gasteiger partial charge in [0.05, 0.1) is 0 Å². The molecular weight excluding hydrogens is 148 g/mol. The van der Waals surface area contributed by atoms with Crippen LogP contribution in [0.25, 0.3) is 0 Å². The summed E-state index contributed by atoms with van der Waals surface area (Å²) in [4.78, 5) is 0. The van der Waals surface area contributed by atoms with E-state index in [-0.39, 0.29) is 6.61 Å². The predicted octanol–water partition coefficient (Wildman–Crippen LogP) is 2.51. The zero-order valence-electron chi connectivity index (χ0n) is 8.60. The summed E-state index contributed by atoms with van der Waals surface area (Å²) in [5.74, 6) is 0.784. The van der Waals surface area contributed by atoms with Crippen molar-refractivity contribution in [2.24, 2.45) is 5.92 Å². The molecule has 0 radical (unpaired) electrons. The van der Waals surface area contributed by atoms with Crippen LogP contribution in [0.3, 0.4) is 0 Å². The van der Waals surface area contributed by atoms with Gasteiger partial charge in [0, 0.05) is 0 Å². The summed E-state index contributed by atoms with van der Waals surface area (Å²) in [6.45, 7) is 6.66. The first-order valence-corrected chi connectivity index (χ1v) is 4.94. The molecular formula is C11H21O-. The maximum absolute atomic E-state index is 10.2. The number of hydrogen-bond donors (Lipinski definition) is 0. The van der Waals surface area contributed by atoms with Crippen molar-refractivity contribution in [3.05, 3.63) is 11.6 Å². The molecule has 1 atom stereocenters. The molecule has 0 N–H and O–H groups in total. The molecule has 0 heterocycles. The van der Waals surface area contributed by atoms with E-state index in [1.54, 1.807) is 0 Å². The first-order chi connectivity index (χ1) is 5.70. The highest BCUT2D eigenvalue weighted by atomic mass is 16.2. The molecule has 0 aromatic rings. The Morgan fingerprint density at radius 3 is 2.67 bits per heavy atom. The molecule has 12 heavy (non-hydrogen) atoms. The molecule has 0 aliphatic carbocycles. The van der Waals surface area contributed by atoms with Gasteiger partial charge in [0.1, 0.15) is 0 Å². The van der Waals surface area contributed by atoms with Crippen LogP contribution in [0.4, 0.5) is 0 Å². The minimum atomic E-state index is 0.0640. The summed E-state index contributed by atoms with van der Waals surface area (Å²) < 4.78 is 0. The Morgan fingerprint density at radius 2 is 2.17 bits per heavy atom. The highest BCUT2D eigenvalue weighted by Gasteiger charge is 1.95. The molecule has 0 bridgehead atoms. The molecule has 0 aromatic heterocycles. The number of allylic oxidation sites excluding steroid dienone is 2. The third-order valence-electron chi connectivity index (χ3n) is 2.28. The lowest BCUT2D eigenvalue weighted by Gasteiger charge is -2.06. The molecule has 0 aromatic carbocycles. The van der Waals surface area contributed by atoms with E-state index in [4.69, 9.17) is 0 Å². The normalized spacial score (nSPS) is 14.8. The fourth-order valence-electron chi connectivity index (χ4n) is 1.02. The summed E-state index contributed by atoms with van der Waals surface area (Å²) in [5, 5.41) is 10.2. The van der Waals surface area contributed by atoms with Gasteiger partial charge in [0.25, 0.3) is 0 Å². The van der Waals surface area contributed by atoms with Gasteiger partial charge in [-0.2, -0.15) is 0 Å². The first-order valence-electron chi connectivity index (χ1n) is 4.94. The van der Waals surface area contributed by atoms with E-state index in [0.717, 1.165) is 18.8 Å². The van der Waals surface area contributed by atoms with Crippen molar-refractivity contribution in [2.45, 2.75) is 46.5 Å². The summed E-state index contributed by atoms with van der Waals surface area (Å²) >= 11 is 0. The van der Waals surface area contributed by atoms with Gasteiger partial charge in [-0.15, -0.1) is 6.61 Å². The summed E-state index contributed by atoms with van der Waals surface area (Å²) in [5.41, 5.74) is 1.38. The van der Waals surface area contributed by atoms with Crippen LogP contribution in [0.15, 0.2) is 11.6 Å². The monoisotopic (exact) mass is 169 g/mol. The lowest BCUT2D eigenvalue weighted by atomic mass is 10.0. The van der Waals surface area contributed by atoms with E-state index in [2.05, 4.69) is 26.8 Å². The van der Waals surface area contributed by atoms with Crippen LogP contribution in [-0.2, 0) is 0 Å². The van der Waals surface area contributed by atoms with Gasteiger partial charge < -0.3 is 5.11 Å². The Kier molecular flexibility index (Phi) is 7.17. The third-order valence-corrected chi connectivity index (χ3v) is 2.28. The Balaban J connectivity index is 3.53. The molecule has 1 unspecified atom stereocenters. The van der Waals surface area contributed by atoms with E-state index in [1.807, 2.05) is 0 Å². The predicted molar refractivity (Wildman–Crippen MR) is 51.9 cm³/mol. The zero-order valence-corrected chi connectivity index (χ0v) is 8.60. The van der Waals surface area contributed by atoms with Crippen molar-refractivity contribution >= 4 is 0 Å². The average Bonchev–Trinajstić information content (AvgIpc) is 2.10. The fourth-order valence-corrected chi connectivity index (χ4v) is 1.02. The molecule has 0 rings (SSSR count). The number of rotatable bonds is 6. The maximum Gasteiger partial charge on any atom is -0.0322 e. The summed E-state index contributed by atoms with van der Waals surface area (Å²) in [6.07, 6.45) is 6.47. The quantitative estimate of drug-likeness (QED) is 0.560. The van der Waals surface area contributed by atoms with Crippen molar-refractivity contribution in [1.29, 1.82) is 0 Å². The standard InChI is InChI=1S/C11H21O/c1-4-10(2)7-8-11(3)6-5-9-12/h8,10H,4-7,9H2,1-3H3/q-1/b11-8+. The molecule has 0 saturated carbocycles. The van der Waals surface area contributed by atoms with Crippen LogP contribution in [0.5, 0.6) is 0 Å². The van der Waals surface area contributed by atoms with Crippen molar-refractivity contribution in [3.63, 3.8) is 0 Å². The Hall–Kier alpha value is -0.300. The van der Waals surface area contributed by atoms with Gasteiger partial charge in [-0.05, 0) is 25.7 Å². The van der Waals surface area contributed by atoms with Gasteiger partial charge in [-0.3, -0.25) is 0 Å². The minimum Gasteiger partial charge on any atom is -0.854 e. The van der Waals surface area contributed by atoms with Crippen molar-refractivity contribution in [3.8, 4) is 0 Å². The molecule has 0 spiro atoms. The van der Waals surface area contributed by atoms with E-state index in [9.17, 15) is 5.11 Å². The molecule has 1 nitrogen and oxygen atoms in total. The van der Waals surface area contributed by atoms with Crippen molar-refractivity contribution < 1.29 is 5.11 Å². The minimum absolute atomic E-state index is 0.0640. The van der Waals surface area contributed by atoms with Gasteiger partial charge in [-0.25, -0.2) is 0 Å². The Labute approximate surface area is 76.5 Å². The molecule has 0 aliphatic heterocycles. The Bertz CT molecular complexity index is 127. The lowest BCUT2D eigenvalue weighted by molar-refractivity contribution is -0.368. The Morgan fingerprint density at radius 1 is 1.50 bits per heavy atom. The van der Waals surface area contributed by atoms with E-state index in [1.165, 1.54) is 18.4 Å². The van der Waals surface area contributed by atoms with Gasteiger partial charge in [0.2, 0.25) is 0 Å². The highest BCUT2D eigenvalue weighted by molar-refractivity contribution is 4.98. The molecule has 72 valence electrons. The fraction of sp³-hybridized carbons (Fsp3) is 0.818. The van der Waals surface area contributed by atoms with Crippen LogP contribution in [0, 0.1) is 5.92 Å². The molecule has 0 aliphatic rings. The van der Waals surface area contributed by atoms with Gasteiger partial charge >= 0.3 is 0 Å². The van der Waals surface area contributed by atoms with Gasteiger partial charge in [0.15, 0.2) is 0 Å². The largest absolute Gasteiger partial charge is 0.854 e. The molecule has 0 amide bonds. The molecule has 0 fully saturated rings. The SMILES string of the molecule is CCC(C)C/C=C(\C)CCC[O-]. The average molecular weight is 169 g/mol. The molecule has 0 saturated heterocycles. The summed E-state index contributed by atoms with van der Waals surface area (Å²) in [7, 11) is 0. The van der Waals surface area contributed by atoms with Crippen LogP contribution >= 0.6 is 0 Å². The lowest BCUT2D eigenvalue weighted by Crippen LogP contribution is -2.04. The van der Waals surface area contributed by atoms with E-state index >= 15 is 0 Å².